The normalized spacial score (nSPS) is 17.9. The molecule has 0 aliphatic heterocycles. The van der Waals surface area contributed by atoms with Crippen molar-refractivity contribution >= 4 is 0 Å². The highest BCUT2D eigenvalue weighted by atomic mass is 15.2. The Morgan fingerprint density at radius 2 is 1.78 bits per heavy atom. The number of hydrogen-bond acceptors (Lipinski definition) is 2. The summed E-state index contributed by atoms with van der Waals surface area (Å²) < 4.78 is 0. The zero-order valence-electron chi connectivity index (χ0n) is 12.2. The predicted molar refractivity (Wildman–Crippen MR) is 77.9 cm³/mol. The van der Waals surface area contributed by atoms with Crippen LogP contribution in [0.4, 0.5) is 0 Å². The maximum absolute atomic E-state index is 6.06. The van der Waals surface area contributed by atoms with E-state index < -0.39 is 0 Å². The van der Waals surface area contributed by atoms with Crippen LogP contribution in [0.3, 0.4) is 0 Å². The maximum atomic E-state index is 6.06. The highest BCUT2D eigenvalue weighted by molar-refractivity contribution is 5.40. The number of hydrogen-bond donors (Lipinski definition) is 1. The molecule has 18 heavy (non-hydrogen) atoms. The number of rotatable bonds is 4. The predicted octanol–water partition coefficient (Wildman–Crippen LogP) is 3.10. The van der Waals surface area contributed by atoms with Crippen LogP contribution in [0.2, 0.25) is 0 Å². The first-order chi connectivity index (χ1) is 8.54. The molecular formula is C16H26N2. The van der Waals surface area contributed by atoms with Crippen molar-refractivity contribution in [3.05, 3.63) is 34.4 Å². The Bertz CT molecular complexity index is 398. The monoisotopic (exact) mass is 246 g/mol. The minimum atomic E-state index is 0.371. The first kappa shape index (κ1) is 13.6. The van der Waals surface area contributed by atoms with Crippen molar-refractivity contribution in [2.75, 3.05) is 13.6 Å². The maximum Gasteiger partial charge on any atom is 0.0475 e. The molecule has 1 atom stereocenters. The van der Waals surface area contributed by atoms with Crippen LogP contribution in [-0.4, -0.2) is 24.5 Å². The fraction of sp³-hybridized carbons (Fsp3) is 0.625. The summed E-state index contributed by atoms with van der Waals surface area (Å²) in [5, 5.41) is 0. The first-order valence-corrected chi connectivity index (χ1v) is 7.04. The molecule has 0 aromatic heterocycles. The third kappa shape index (κ3) is 2.45. The molecule has 2 nitrogen and oxygen atoms in total. The molecule has 0 radical (unpaired) electrons. The highest BCUT2D eigenvalue weighted by Gasteiger charge is 2.29. The summed E-state index contributed by atoms with van der Waals surface area (Å²) >= 11 is 0. The number of nitrogens with zero attached hydrogens (tertiary/aromatic N) is 1. The molecule has 1 aromatic rings. The van der Waals surface area contributed by atoms with E-state index in [-0.39, 0.29) is 0 Å². The molecule has 100 valence electrons. The van der Waals surface area contributed by atoms with E-state index in [9.17, 15) is 0 Å². The minimum absolute atomic E-state index is 0.371. The van der Waals surface area contributed by atoms with Gasteiger partial charge in [0.2, 0.25) is 0 Å². The Morgan fingerprint density at radius 3 is 2.17 bits per heavy atom. The smallest absolute Gasteiger partial charge is 0.0475 e. The molecule has 1 saturated carbocycles. The Labute approximate surface area is 111 Å². The molecule has 1 aromatic carbocycles. The van der Waals surface area contributed by atoms with E-state index in [1.165, 1.54) is 41.5 Å². The lowest BCUT2D eigenvalue weighted by Crippen LogP contribution is -2.42. The second kappa shape index (κ2) is 5.41. The molecule has 1 aliphatic carbocycles. The SMILES string of the molecule is Cc1cc(C)c(C(CN)N(C)C2CCC2)c(C)c1. The van der Waals surface area contributed by atoms with Crippen molar-refractivity contribution in [2.24, 2.45) is 5.73 Å². The van der Waals surface area contributed by atoms with Gasteiger partial charge in [-0.05, 0) is 57.4 Å². The van der Waals surface area contributed by atoms with Gasteiger partial charge in [0.15, 0.2) is 0 Å². The van der Waals surface area contributed by atoms with E-state index in [2.05, 4.69) is 44.9 Å². The van der Waals surface area contributed by atoms with Gasteiger partial charge in [-0.1, -0.05) is 24.1 Å². The van der Waals surface area contributed by atoms with Crippen molar-refractivity contribution in [3.8, 4) is 0 Å². The van der Waals surface area contributed by atoms with Crippen molar-refractivity contribution in [3.63, 3.8) is 0 Å². The Kier molecular flexibility index (Phi) is 4.08. The Morgan fingerprint density at radius 1 is 1.22 bits per heavy atom. The van der Waals surface area contributed by atoms with Crippen LogP contribution in [0.15, 0.2) is 12.1 Å². The summed E-state index contributed by atoms with van der Waals surface area (Å²) in [5.74, 6) is 0. The zero-order chi connectivity index (χ0) is 13.3. The fourth-order valence-electron chi connectivity index (χ4n) is 3.25. The van der Waals surface area contributed by atoms with Gasteiger partial charge in [0.1, 0.15) is 0 Å². The summed E-state index contributed by atoms with van der Waals surface area (Å²) in [6.45, 7) is 7.30. The highest BCUT2D eigenvalue weighted by Crippen LogP contribution is 2.33. The van der Waals surface area contributed by atoms with Crippen molar-refractivity contribution in [2.45, 2.75) is 52.1 Å². The molecule has 0 bridgehead atoms. The van der Waals surface area contributed by atoms with Gasteiger partial charge in [0.05, 0.1) is 0 Å². The molecule has 2 heteroatoms. The molecular weight excluding hydrogens is 220 g/mol. The summed E-state index contributed by atoms with van der Waals surface area (Å²) in [6.07, 6.45) is 4.03. The lowest BCUT2D eigenvalue weighted by molar-refractivity contribution is 0.113. The summed E-state index contributed by atoms with van der Waals surface area (Å²) in [7, 11) is 2.24. The molecule has 1 unspecified atom stereocenters. The van der Waals surface area contributed by atoms with Gasteiger partial charge in [0, 0.05) is 18.6 Å². The van der Waals surface area contributed by atoms with E-state index in [1.54, 1.807) is 0 Å². The van der Waals surface area contributed by atoms with Gasteiger partial charge in [0.25, 0.3) is 0 Å². The van der Waals surface area contributed by atoms with Crippen LogP contribution < -0.4 is 5.73 Å². The summed E-state index contributed by atoms with van der Waals surface area (Å²) in [6, 6.07) is 5.66. The third-order valence-corrected chi connectivity index (χ3v) is 4.44. The standard InChI is InChI=1S/C16H26N2/c1-11-8-12(2)16(13(3)9-11)15(10-17)18(4)14-6-5-7-14/h8-9,14-15H,5-7,10,17H2,1-4H3. The fourth-order valence-corrected chi connectivity index (χ4v) is 3.25. The van der Waals surface area contributed by atoms with Gasteiger partial charge in [-0.3, -0.25) is 4.90 Å². The van der Waals surface area contributed by atoms with Gasteiger partial charge >= 0.3 is 0 Å². The second-order valence-corrected chi connectivity index (χ2v) is 5.81. The molecule has 1 aliphatic rings. The lowest BCUT2D eigenvalue weighted by Gasteiger charge is -2.40. The van der Waals surface area contributed by atoms with Crippen molar-refractivity contribution in [1.29, 1.82) is 0 Å². The van der Waals surface area contributed by atoms with E-state index in [0.29, 0.717) is 12.6 Å². The molecule has 0 saturated heterocycles. The molecule has 2 rings (SSSR count). The molecule has 2 N–H and O–H groups in total. The van der Waals surface area contributed by atoms with Crippen LogP contribution in [0.25, 0.3) is 0 Å². The first-order valence-electron chi connectivity index (χ1n) is 7.04. The largest absolute Gasteiger partial charge is 0.329 e. The molecule has 0 spiro atoms. The quantitative estimate of drug-likeness (QED) is 0.884. The van der Waals surface area contributed by atoms with E-state index in [0.717, 1.165) is 6.04 Å². The van der Waals surface area contributed by atoms with Gasteiger partial charge in [-0.25, -0.2) is 0 Å². The molecule has 0 heterocycles. The van der Waals surface area contributed by atoms with E-state index >= 15 is 0 Å². The van der Waals surface area contributed by atoms with Crippen LogP contribution >= 0.6 is 0 Å². The third-order valence-electron chi connectivity index (χ3n) is 4.44. The summed E-state index contributed by atoms with van der Waals surface area (Å²) in [4.78, 5) is 2.49. The van der Waals surface area contributed by atoms with Crippen LogP contribution in [0, 0.1) is 20.8 Å². The van der Waals surface area contributed by atoms with Gasteiger partial charge in [-0.15, -0.1) is 0 Å². The zero-order valence-corrected chi connectivity index (χ0v) is 12.2. The van der Waals surface area contributed by atoms with E-state index in [1.807, 2.05) is 0 Å². The van der Waals surface area contributed by atoms with E-state index in [4.69, 9.17) is 5.73 Å². The summed E-state index contributed by atoms with van der Waals surface area (Å²) in [5.41, 5.74) is 11.6. The number of likely N-dealkylation sites (N-methyl/N-ethyl adjacent to an activating group) is 1. The topological polar surface area (TPSA) is 29.3 Å². The lowest BCUT2D eigenvalue weighted by atomic mass is 9.87. The molecule has 0 amide bonds. The average Bonchev–Trinajstić information content (AvgIpc) is 2.20. The Hall–Kier alpha value is -0.860. The van der Waals surface area contributed by atoms with Crippen molar-refractivity contribution < 1.29 is 0 Å². The van der Waals surface area contributed by atoms with Crippen LogP contribution in [0.1, 0.15) is 47.6 Å². The van der Waals surface area contributed by atoms with Gasteiger partial charge in [-0.2, -0.15) is 0 Å². The number of aryl methyl sites for hydroxylation is 3. The van der Waals surface area contributed by atoms with Crippen LogP contribution in [0.5, 0.6) is 0 Å². The second-order valence-electron chi connectivity index (χ2n) is 5.81. The number of benzene rings is 1. The van der Waals surface area contributed by atoms with Crippen LogP contribution in [-0.2, 0) is 0 Å². The Balaban J connectivity index is 2.31. The van der Waals surface area contributed by atoms with Crippen molar-refractivity contribution in [1.82, 2.24) is 4.90 Å². The minimum Gasteiger partial charge on any atom is -0.329 e. The average molecular weight is 246 g/mol. The van der Waals surface area contributed by atoms with Gasteiger partial charge < -0.3 is 5.73 Å². The molecule has 1 fully saturated rings. The number of nitrogens with two attached hydrogens (primary N) is 1.